The lowest BCUT2D eigenvalue weighted by Gasteiger charge is -2.04. The number of hydrogen-bond acceptors (Lipinski definition) is 5. The van der Waals surface area contributed by atoms with E-state index in [0.717, 1.165) is 34.0 Å². The number of fused-ring (bicyclic) bond motifs is 1. The van der Waals surface area contributed by atoms with Crippen LogP contribution in [0.1, 0.15) is 11.3 Å². The van der Waals surface area contributed by atoms with E-state index in [1.807, 2.05) is 49.5 Å². The summed E-state index contributed by atoms with van der Waals surface area (Å²) in [6.07, 6.45) is 3.35. The second-order valence-corrected chi connectivity index (χ2v) is 6.90. The van der Waals surface area contributed by atoms with Gasteiger partial charge in [0, 0.05) is 29.6 Å². The zero-order chi connectivity index (χ0) is 20.5. The molecule has 0 aliphatic heterocycles. The molecule has 0 saturated carbocycles. The van der Waals surface area contributed by atoms with E-state index in [0.29, 0.717) is 18.1 Å². The van der Waals surface area contributed by atoms with Gasteiger partial charge in [-0.25, -0.2) is 18.9 Å². The van der Waals surface area contributed by atoms with E-state index < -0.39 is 0 Å². The number of H-pyrrole nitrogens is 1. The molecule has 0 spiro atoms. The molecule has 0 amide bonds. The smallest absolute Gasteiger partial charge is 0.201 e. The van der Waals surface area contributed by atoms with E-state index >= 15 is 0 Å². The maximum Gasteiger partial charge on any atom is 0.201 e. The van der Waals surface area contributed by atoms with Crippen molar-refractivity contribution in [3.05, 3.63) is 84.2 Å². The van der Waals surface area contributed by atoms with Crippen molar-refractivity contribution in [2.24, 2.45) is 0 Å². The Labute approximate surface area is 171 Å². The van der Waals surface area contributed by atoms with Crippen LogP contribution in [0, 0.1) is 12.7 Å². The summed E-state index contributed by atoms with van der Waals surface area (Å²) in [5, 5.41) is 7.32. The molecule has 0 aliphatic rings. The Hall–Kier alpha value is -4.07. The minimum absolute atomic E-state index is 0.255. The number of halogens is 1. The van der Waals surface area contributed by atoms with E-state index in [4.69, 9.17) is 4.98 Å². The van der Waals surface area contributed by atoms with Crippen molar-refractivity contribution in [3.63, 3.8) is 0 Å². The van der Waals surface area contributed by atoms with Gasteiger partial charge in [0.05, 0.1) is 11.4 Å². The van der Waals surface area contributed by atoms with Crippen molar-refractivity contribution in [2.45, 2.75) is 13.5 Å². The molecule has 2 N–H and O–H groups in total. The van der Waals surface area contributed by atoms with Gasteiger partial charge >= 0.3 is 0 Å². The van der Waals surface area contributed by atoms with Gasteiger partial charge in [0.1, 0.15) is 17.8 Å². The Bertz CT molecular complexity index is 1340. The molecule has 148 valence electrons. The van der Waals surface area contributed by atoms with Gasteiger partial charge in [-0.3, -0.25) is 4.98 Å². The van der Waals surface area contributed by atoms with Gasteiger partial charge in [0.25, 0.3) is 0 Å². The molecule has 0 bridgehead atoms. The number of aromatic amines is 1. The van der Waals surface area contributed by atoms with Gasteiger partial charge in [0.15, 0.2) is 5.65 Å². The first kappa shape index (κ1) is 18.0. The average molecular weight is 399 g/mol. The molecule has 1 aromatic carbocycles. The predicted molar refractivity (Wildman–Crippen MR) is 112 cm³/mol. The van der Waals surface area contributed by atoms with Gasteiger partial charge in [-0.05, 0) is 37.3 Å². The van der Waals surface area contributed by atoms with E-state index in [9.17, 15) is 4.39 Å². The highest BCUT2D eigenvalue weighted by atomic mass is 19.1. The highest BCUT2D eigenvalue weighted by molar-refractivity contribution is 5.79. The van der Waals surface area contributed by atoms with Crippen LogP contribution in [-0.2, 0) is 6.54 Å². The molecule has 0 saturated heterocycles. The molecule has 7 nitrogen and oxygen atoms in total. The van der Waals surface area contributed by atoms with Gasteiger partial charge in [-0.1, -0.05) is 24.3 Å². The summed E-state index contributed by atoms with van der Waals surface area (Å²) in [6.45, 7) is 2.25. The van der Waals surface area contributed by atoms with Crippen LogP contribution < -0.4 is 5.32 Å². The Morgan fingerprint density at radius 2 is 1.97 bits per heavy atom. The van der Waals surface area contributed by atoms with Crippen molar-refractivity contribution in [1.82, 2.24) is 29.5 Å². The first-order chi connectivity index (χ1) is 14.7. The van der Waals surface area contributed by atoms with Crippen molar-refractivity contribution in [2.75, 3.05) is 5.32 Å². The summed E-state index contributed by atoms with van der Waals surface area (Å²) in [7, 11) is 0. The molecule has 4 heterocycles. The first-order valence-electron chi connectivity index (χ1n) is 9.48. The first-order valence-corrected chi connectivity index (χ1v) is 9.48. The fourth-order valence-corrected chi connectivity index (χ4v) is 3.32. The largest absolute Gasteiger partial charge is 0.352 e. The number of benzene rings is 1. The summed E-state index contributed by atoms with van der Waals surface area (Å²) in [5.41, 5.74) is 5.35. The van der Waals surface area contributed by atoms with E-state index in [1.54, 1.807) is 16.6 Å². The van der Waals surface area contributed by atoms with Gasteiger partial charge in [0.2, 0.25) is 5.95 Å². The molecule has 5 aromatic rings. The minimum atomic E-state index is -0.255. The second kappa shape index (κ2) is 7.40. The number of nitrogens with one attached hydrogen (secondary N) is 2. The average Bonchev–Trinajstić information content (AvgIpc) is 3.39. The normalized spacial score (nSPS) is 11.1. The van der Waals surface area contributed by atoms with Crippen LogP contribution in [0.3, 0.4) is 0 Å². The third-order valence-electron chi connectivity index (χ3n) is 4.81. The van der Waals surface area contributed by atoms with Crippen molar-refractivity contribution in [1.29, 1.82) is 0 Å². The molecule has 8 heteroatoms. The summed E-state index contributed by atoms with van der Waals surface area (Å²) in [5.74, 6) is 0.280. The molecule has 30 heavy (non-hydrogen) atoms. The van der Waals surface area contributed by atoms with Crippen molar-refractivity contribution in [3.8, 4) is 22.6 Å². The van der Waals surface area contributed by atoms with Crippen LogP contribution in [0.15, 0.2) is 67.1 Å². The summed E-state index contributed by atoms with van der Waals surface area (Å²) in [6, 6.07) is 16.3. The van der Waals surface area contributed by atoms with Crippen LogP contribution in [0.5, 0.6) is 0 Å². The Morgan fingerprint density at radius 1 is 1.07 bits per heavy atom. The zero-order valence-electron chi connectivity index (χ0n) is 16.2. The quantitative estimate of drug-likeness (QED) is 0.462. The zero-order valence-corrected chi connectivity index (χ0v) is 16.2. The van der Waals surface area contributed by atoms with Crippen LogP contribution in [0.25, 0.3) is 28.3 Å². The fourth-order valence-electron chi connectivity index (χ4n) is 3.32. The topological polar surface area (TPSA) is 83.8 Å². The molecule has 0 radical (unpaired) electrons. The fraction of sp³-hybridized carbons (Fsp3) is 0.0909. The third kappa shape index (κ3) is 3.39. The number of nitrogens with zero attached hydrogens (tertiary/aromatic N) is 5. The highest BCUT2D eigenvalue weighted by Crippen LogP contribution is 2.31. The summed E-state index contributed by atoms with van der Waals surface area (Å²) in [4.78, 5) is 16.9. The SMILES string of the molecule is Cc1cccc(-c2[nH]c(NCc3ccccc3F)nc2-c2ccn3ncnc3c2)n1. The number of aryl methyl sites for hydroxylation is 1. The van der Waals surface area contributed by atoms with Crippen molar-refractivity contribution >= 4 is 11.6 Å². The monoisotopic (exact) mass is 399 g/mol. The number of pyridine rings is 2. The number of rotatable bonds is 5. The maximum absolute atomic E-state index is 14.0. The molecular formula is C22H18FN7. The van der Waals surface area contributed by atoms with Crippen LogP contribution in [0.4, 0.5) is 10.3 Å². The lowest BCUT2D eigenvalue weighted by atomic mass is 10.1. The van der Waals surface area contributed by atoms with E-state index in [1.165, 1.54) is 12.4 Å². The third-order valence-corrected chi connectivity index (χ3v) is 4.81. The molecule has 4 aromatic heterocycles. The summed E-state index contributed by atoms with van der Waals surface area (Å²) >= 11 is 0. The van der Waals surface area contributed by atoms with Crippen LogP contribution in [-0.4, -0.2) is 29.5 Å². The number of aromatic nitrogens is 6. The van der Waals surface area contributed by atoms with Gasteiger partial charge < -0.3 is 10.3 Å². The highest BCUT2D eigenvalue weighted by Gasteiger charge is 2.16. The summed E-state index contributed by atoms with van der Waals surface area (Å²) < 4.78 is 15.7. The molecule has 0 aliphatic carbocycles. The molecular weight excluding hydrogens is 381 g/mol. The number of anilines is 1. The lowest BCUT2D eigenvalue weighted by molar-refractivity contribution is 0.613. The van der Waals surface area contributed by atoms with Crippen molar-refractivity contribution < 1.29 is 4.39 Å². The minimum Gasteiger partial charge on any atom is -0.352 e. The Balaban J connectivity index is 1.56. The van der Waals surface area contributed by atoms with Crippen LogP contribution >= 0.6 is 0 Å². The van der Waals surface area contributed by atoms with Gasteiger partial charge in [-0.15, -0.1) is 0 Å². The standard InChI is InChI=1S/C22H18FN7/c1-14-5-4-8-18(27-14)21-20(15-9-10-30-19(11-15)25-13-26-30)28-22(29-21)24-12-16-6-2-3-7-17(16)23/h2-11,13H,12H2,1H3,(H2,24,28,29). The van der Waals surface area contributed by atoms with Gasteiger partial charge in [-0.2, -0.15) is 5.10 Å². The maximum atomic E-state index is 14.0. The molecule has 5 rings (SSSR count). The molecule has 0 unspecified atom stereocenters. The molecule has 0 fully saturated rings. The van der Waals surface area contributed by atoms with E-state index in [-0.39, 0.29) is 5.82 Å². The Morgan fingerprint density at radius 3 is 2.83 bits per heavy atom. The van der Waals surface area contributed by atoms with E-state index in [2.05, 4.69) is 25.4 Å². The number of imidazole rings is 1. The predicted octanol–water partition coefficient (Wildman–Crippen LogP) is 4.24. The molecule has 0 atom stereocenters. The Kier molecular flexibility index (Phi) is 4.44. The lowest BCUT2D eigenvalue weighted by Crippen LogP contribution is -2.02. The second-order valence-electron chi connectivity index (χ2n) is 6.90. The number of hydrogen-bond donors (Lipinski definition) is 2. The van der Waals surface area contributed by atoms with Crippen LogP contribution in [0.2, 0.25) is 0 Å².